The quantitative estimate of drug-likeness (QED) is 0.386. The lowest BCUT2D eigenvalue weighted by Gasteiger charge is -2.09. The summed E-state index contributed by atoms with van der Waals surface area (Å²) in [5.41, 5.74) is 0. The van der Waals surface area contributed by atoms with Crippen molar-refractivity contribution in [2.75, 3.05) is 0 Å². The second-order valence-electron chi connectivity index (χ2n) is 2.63. The van der Waals surface area contributed by atoms with Gasteiger partial charge in [0, 0.05) is 0 Å². The lowest BCUT2D eigenvalue weighted by molar-refractivity contribution is -0.160. The molecule has 0 aromatic rings. The number of carboxylic acid groups (broad SMARTS) is 2. The Bertz CT molecular complexity index is 213. The summed E-state index contributed by atoms with van der Waals surface area (Å²) in [7, 11) is 0. The first-order valence-corrected chi connectivity index (χ1v) is 3.42. The molecule has 4 atom stereocenters. The van der Waals surface area contributed by atoms with Gasteiger partial charge >= 0.3 is 11.9 Å². The number of rotatable bonds is 2. The van der Waals surface area contributed by atoms with Gasteiger partial charge in [0.15, 0.2) is 12.2 Å². The van der Waals surface area contributed by atoms with Gasteiger partial charge in [-0.05, 0) is 0 Å². The standard InChI is InChI=1S/C6H8O7/c7-1-2(8)4(6(11)12)13-3(1)5(9)10/h1-4,7-8H,(H,9,10)(H,11,12)/t1-,2-,3+,4+/m0/s1. The highest BCUT2D eigenvalue weighted by molar-refractivity contribution is 5.78. The molecule has 1 saturated heterocycles. The highest BCUT2D eigenvalue weighted by Crippen LogP contribution is 2.21. The maximum absolute atomic E-state index is 10.3. The van der Waals surface area contributed by atoms with Crippen molar-refractivity contribution in [3.05, 3.63) is 0 Å². The summed E-state index contributed by atoms with van der Waals surface area (Å²) in [6.07, 6.45) is -6.79. The van der Waals surface area contributed by atoms with Crippen molar-refractivity contribution in [2.24, 2.45) is 0 Å². The zero-order valence-electron chi connectivity index (χ0n) is 6.32. The van der Waals surface area contributed by atoms with Gasteiger partial charge in [-0.3, -0.25) is 0 Å². The fourth-order valence-electron chi connectivity index (χ4n) is 1.09. The van der Waals surface area contributed by atoms with E-state index in [9.17, 15) is 9.59 Å². The van der Waals surface area contributed by atoms with E-state index in [0.29, 0.717) is 0 Å². The lowest BCUT2D eigenvalue weighted by Crippen LogP contribution is -2.37. The number of hydrogen-bond acceptors (Lipinski definition) is 5. The van der Waals surface area contributed by atoms with Crippen LogP contribution in [0.3, 0.4) is 0 Å². The molecule has 1 aliphatic rings. The van der Waals surface area contributed by atoms with Crippen LogP contribution in [0.1, 0.15) is 0 Å². The van der Waals surface area contributed by atoms with E-state index in [1.165, 1.54) is 0 Å². The van der Waals surface area contributed by atoms with E-state index < -0.39 is 36.4 Å². The van der Waals surface area contributed by atoms with Gasteiger partial charge in [-0.1, -0.05) is 0 Å². The van der Waals surface area contributed by atoms with Gasteiger partial charge < -0.3 is 25.2 Å². The summed E-state index contributed by atoms with van der Waals surface area (Å²) < 4.78 is 4.41. The van der Waals surface area contributed by atoms with E-state index in [0.717, 1.165) is 0 Å². The monoisotopic (exact) mass is 192 g/mol. The van der Waals surface area contributed by atoms with Gasteiger partial charge in [0.2, 0.25) is 0 Å². The van der Waals surface area contributed by atoms with Crippen molar-refractivity contribution in [3.8, 4) is 0 Å². The van der Waals surface area contributed by atoms with Crippen LogP contribution < -0.4 is 0 Å². The third-order valence-electron chi connectivity index (χ3n) is 1.75. The molecule has 0 aromatic carbocycles. The average Bonchev–Trinajstić information content (AvgIpc) is 2.29. The molecular weight excluding hydrogens is 184 g/mol. The summed E-state index contributed by atoms with van der Waals surface area (Å²) in [5.74, 6) is -3.01. The summed E-state index contributed by atoms with van der Waals surface area (Å²) in [4.78, 5) is 20.7. The van der Waals surface area contributed by atoms with Crippen LogP contribution >= 0.6 is 0 Å². The van der Waals surface area contributed by atoms with Crippen LogP contribution in [-0.4, -0.2) is 56.8 Å². The van der Waals surface area contributed by atoms with E-state index in [4.69, 9.17) is 20.4 Å². The SMILES string of the molecule is O=C(O)[C@@H]1O[C@@H](C(=O)O)[C@@H](O)[C@@H]1O. The van der Waals surface area contributed by atoms with E-state index in [2.05, 4.69) is 4.74 Å². The van der Waals surface area contributed by atoms with Crippen LogP contribution in [0, 0.1) is 0 Å². The molecule has 1 heterocycles. The van der Waals surface area contributed by atoms with Gasteiger partial charge in [-0.2, -0.15) is 0 Å². The fourth-order valence-corrected chi connectivity index (χ4v) is 1.09. The predicted molar refractivity (Wildman–Crippen MR) is 35.9 cm³/mol. The van der Waals surface area contributed by atoms with Crippen molar-refractivity contribution < 1.29 is 34.8 Å². The van der Waals surface area contributed by atoms with Gasteiger partial charge in [-0.25, -0.2) is 9.59 Å². The largest absolute Gasteiger partial charge is 0.479 e. The second kappa shape index (κ2) is 3.29. The van der Waals surface area contributed by atoms with E-state index in [1.807, 2.05) is 0 Å². The van der Waals surface area contributed by atoms with Crippen molar-refractivity contribution in [2.45, 2.75) is 24.4 Å². The third-order valence-corrected chi connectivity index (χ3v) is 1.75. The van der Waals surface area contributed by atoms with Crippen LogP contribution in [0.4, 0.5) is 0 Å². The van der Waals surface area contributed by atoms with Crippen molar-refractivity contribution in [3.63, 3.8) is 0 Å². The molecule has 1 rings (SSSR count). The summed E-state index contributed by atoms with van der Waals surface area (Å²) in [6.45, 7) is 0. The lowest BCUT2D eigenvalue weighted by atomic mass is 10.1. The number of aliphatic hydroxyl groups is 2. The molecule has 0 radical (unpaired) electrons. The minimum atomic E-state index is -1.71. The van der Waals surface area contributed by atoms with Crippen LogP contribution in [0.15, 0.2) is 0 Å². The highest BCUT2D eigenvalue weighted by atomic mass is 16.6. The number of ether oxygens (including phenoxy) is 1. The van der Waals surface area contributed by atoms with Gasteiger partial charge in [0.25, 0.3) is 0 Å². The molecule has 0 aliphatic carbocycles. The molecule has 1 fully saturated rings. The Morgan fingerprint density at radius 1 is 0.923 bits per heavy atom. The van der Waals surface area contributed by atoms with Crippen molar-refractivity contribution >= 4 is 11.9 Å². The van der Waals surface area contributed by atoms with Crippen molar-refractivity contribution in [1.82, 2.24) is 0 Å². The minimum absolute atomic E-state index is 1.50. The molecule has 74 valence electrons. The van der Waals surface area contributed by atoms with E-state index in [-0.39, 0.29) is 0 Å². The molecular formula is C6H8O7. The second-order valence-corrected chi connectivity index (χ2v) is 2.63. The van der Waals surface area contributed by atoms with Crippen LogP contribution in [-0.2, 0) is 14.3 Å². The Labute approximate surface area is 72.2 Å². The Balaban J connectivity index is 2.78. The van der Waals surface area contributed by atoms with Crippen molar-refractivity contribution in [1.29, 1.82) is 0 Å². The molecule has 7 heteroatoms. The summed E-state index contributed by atoms with van der Waals surface area (Å²) in [6, 6.07) is 0. The molecule has 7 nitrogen and oxygen atoms in total. The molecule has 13 heavy (non-hydrogen) atoms. The molecule has 0 saturated carbocycles. The predicted octanol–water partition coefficient (Wildman–Crippen LogP) is -2.36. The first-order chi connectivity index (χ1) is 5.95. The van der Waals surface area contributed by atoms with Crippen LogP contribution in [0.25, 0.3) is 0 Å². The number of hydrogen-bond donors (Lipinski definition) is 4. The maximum Gasteiger partial charge on any atom is 0.335 e. The maximum atomic E-state index is 10.3. The molecule has 1 aliphatic heterocycles. The zero-order valence-corrected chi connectivity index (χ0v) is 6.32. The number of aliphatic hydroxyl groups excluding tert-OH is 2. The van der Waals surface area contributed by atoms with Gasteiger partial charge in [0.1, 0.15) is 12.2 Å². The topological polar surface area (TPSA) is 124 Å². The Hall–Kier alpha value is -1.18. The molecule has 0 spiro atoms. The zero-order chi connectivity index (χ0) is 10.2. The minimum Gasteiger partial charge on any atom is -0.479 e. The molecule has 0 amide bonds. The van der Waals surface area contributed by atoms with E-state index in [1.54, 1.807) is 0 Å². The molecule has 0 aromatic heterocycles. The average molecular weight is 192 g/mol. The Morgan fingerprint density at radius 3 is 1.38 bits per heavy atom. The first kappa shape index (κ1) is 9.90. The molecule has 4 N–H and O–H groups in total. The normalized spacial score (nSPS) is 38.9. The third kappa shape index (κ3) is 1.62. The summed E-state index contributed by atoms with van der Waals surface area (Å²) in [5, 5.41) is 34.9. The highest BCUT2D eigenvalue weighted by Gasteiger charge is 2.49. The molecule has 0 bridgehead atoms. The van der Waals surface area contributed by atoms with Crippen LogP contribution in [0.2, 0.25) is 0 Å². The van der Waals surface area contributed by atoms with Gasteiger partial charge in [0.05, 0.1) is 0 Å². The number of aliphatic carboxylic acids is 2. The Morgan fingerprint density at radius 2 is 1.23 bits per heavy atom. The Kier molecular flexibility index (Phi) is 2.50. The molecule has 0 unspecified atom stereocenters. The smallest absolute Gasteiger partial charge is 0.335 e. The summed E-state index contributed by atoms with van der Waals surface area (Å²) >= 11 is 0. The van der Waals surface area contributed by atoms with Crippen LogP contribution in [0.5, 0.6) is 0 Å². The number of carbonyl (C=O) groups is 2. The fraction of sp³-hybridized carbons (Fsp3) is 0.667. The van der Waals surface area contributed by atoms with E-state index >= 15 is 0 Å². The first-order valence-electron chi connectivity index (χ1n) is 3.42. The number of carboxylic acids is 2. The van der Waals surface area contributed by atoms with Gasteiger partial charge in [-0.15, -0.1) is 0 Å².